The molecule has 1 aromatic heterocycles. The quantitative estimate of drug-likeness (QED) is 0.342. The average molecular weight is 752 g/mol. The van der Waals surface area contributed by atoms with Gasteiger partial charge in [-0.2, -0.15) is 0 Å². The van der Waals surface area contributed by atoms with Crippen LogP contribution < -0.4 is 19.1 Å². The lowest BCUT2D eigenvalue weighted by molar-refractivity contribution is -0.0173. The van der Waals surface area contributed by atoms with Crippen LogP contribution in [0.25, 0.3) is 0 Å². The number of amides is 2. The smallest absolute Gasteiger partial charge is 0.286 e. The van der Waals surface area contributed by atoms with Gasteiger partial charge in [-0.15, -0.1) is 9.46 Å². The summed E-state index contributed by atoms with van der Waals surface area (Å²) in [6.07, 6.45) is 9.23. The summed E-state index contributed by atoms with van der Waals surface area (Å²) in [7, 11) is 1.11. The Kier molecular flexibility index (Phi) is 10.4. The van der Waals surface area contributed by atoms with E-state index in [0.29, 0.717) is 38.5 Å². The molecule has 1 aliphatic carbocycles. The maximum atomic E-state index is 14.6. The first kappa shape index (κ1) is 36.4. The van der Waals surface area contributed by atoms with E-state index in [-0.39, 0.29) is 52.2 Å². The molecule has 2 aromatic carbocycles. The molecule has 2 unspecified atom stereocenters. The predicted octanol–water partition coefficient (Wildman–Crippen LogP) is 5.52. The molecule has 52 heavy (non-hydrogen) atoms. The van der Waals surface area contributed by atoms with Crippen LogP contribution in [0.1, 0.15) is 64.4 Å². The summed E-state index contributed by atoms with van der Waals surface area (Å²) >= 11 is 6.46. The lowest BCUT2D eigenvalue weighted by atomic mass is 9.70. The van der Waals surface area contributed by atoms with Crippen LogP contribution in [0.3, 0.4) is 0 Å². The number of allylic oxidation sites excluding steroid dienone is 1. The minimum Gasteiger partial charge on any atom is -0.490 e. The second kappa shape index (κ2) is 14.8. The van der Waals surface area contributed by atoms with Gasteiger partial charge in [0, 0.05) is 62.0 Å². The lowest BCUT2D eigenvalue weighted by Crippen LogP contribution is -2.48. The molecule has 0 saturated carbocycles. The summed E-state index contributed by atoms with van der Waals surface area (Å²) in [5, 5.41) is 4.86. The molecule has 12 nitrogen and oxygen atoms in total. The van der Waals surface area contributed by atoms with Gasteiger partial charge in [0.1, 0.15) is 27.3 Å². The molecule has 3 aliphatic heterocycles. The van der Waals surface area contributed by atoms with E-state index in [4.69, 9.17) is 30.5 Å². The van der Waals surface area contributed by atoms with Gasteiger partial charge in [0.25, 0.3) is 11.8 Å². The zero-order valence-corrected chi connectivity index (χ0v) is 31.6. The van der Waals surface area contributed by atoms with Gasteiger partial charge in [0.05, 0.1) is 31.3 Å². The number of aromatic nitrogens is 2. The number of anilines is 1. The van der Waals surface area contributed by atoms with E-state index >= 15 is 0 Å². The van der Waals surface area contributed by atoms with Gasteiger partial charge in [-0.25, -0.2) is 4.21 Å². The second-order valence-corrected chi connectivity index (χ2v) is 16.9. The standard InChI is InChI=1S/C38H46ClN5O7S/c1-24-7-5-9-33(48-3)34-27(14-16-50-34)19-44-22-38(15-6-8-25-17-28(39)11-12-30(25)38)23-51-32-13-10-26(18-31(32)44)35(45)41-52(47,21-24)42-36(46)29-20-43(2)40-37(29)49-4/h5,9-13,17-18,20,24,27,33-34H,6-8,14-16,19,21-23H2,1-4H3,(H,41,42,45,46,47)/b9-5+/t24-,27-,33?,34+,38-,52?/m0/s1. The van der Waals surface area contributed by atoms with E-state index in [1.54, 1.807) is 32.4 Å². The molecule has 0 radical (unpaired) electrons. The molecule has 4 heterocycles. The van der Waals surface area contributed by atoms with Crippen LogP contribution in [0, 0.1) is 11.8 Å². The molecular formula is C38H46ClN5O7S. The van der Waals surface area contributed by atoms with Crippen molar-refractivity contribution in [2.24, 2.45) is 23.2 Å². The Morgan fingerprint density at radius 2 is 2.04 bits per heavy atom. The maximum absolute atomic E-state index is 14.6. The fourth-order valence-electron chi connectivity index (χ4n) is 8.23. The largest absolute Gasteiger partial charge is 0.490 e. The monoisotopic (exact) mass is 751 g/mol. The van der Waals surface area contributed by atoms with E-state index in [1.165, 1.54) is 29.1 Å². The lowest BCUT2D eigenvalue weighted by Gasteiger charge is -2.41. The summed E-state index contributed by atoms with van der Waals surface area (Å²) in [5.41, 5.74) is 3.24. The molecule has 1 spiro atoms. The number of carbonyl (C=O) groups is 2. The third-order valence-corrected chi connectivity index (χ3v) is 12.9. The first-order chi connectivity index (χ1) is 25.0. The highest BCUT2D eigenvalue weighted by molar-refractivity contribution is 7.92. The predicted molar refractivity (Wildman–Crippen MR) is 199 cm³/mol. The molecule has 14 heteroatoms. The van der Waals surface area contributed by atoms with E-state index < -0.39 is 21.7 Å². The van der Waals surface area contributed by atoms with Crippen LogP contribution in [0.5, 0.6) is 11.6 Å². The van der Waals surface area contributed by atoms with Crippen molar-refractivity contribution in [2.75, 3.05) is 51.2 Å². The Labute approximate surface area is 310 Å². The van der Waals surface area contributed by atoms with Crippen LogP contribution in [0.2, 0.25) is 5.02 Å². The third kappa shape index (κ3) is 7.33. The van der Waals surface area contributed by atoms with E-state index in [0.717, 1.165) is 36.4 Å². The number of hydrogen-bond donors (Lipinski definition) is 1. The summed E-state index contributed by atoms with van der Waals surface area (Å²) in [6.45, 7) is 4.28. The van der Waals surface area contributed by atoms with Gasteiger partial charge in [0.2, 0.25) is 5.88 Å². The van der Waals surface area contributed by atoms with Crippen molar-refractivity contribution in [2.45, 2.75) is 56.7 Å². The summed E-state index contributed by atoms with van der Waals surface area (Å²) in [5.74, 6) is -0.817. The normalized spacial score (nSPS) is 29.6. The van der Waals surface area contributed by atoms with Crippen molar-refractivity contribution in [1.29, 1.82) is 0 Å². The number of aryl methyl sites for hydroxylation is 2. The zero-order chi connectivity index (χ0) is 36.6. The molecule has 7 rings (SSSR count). The molecular weight excluding hydrogens is 706 g/mol. The Hall–Kier alpha value is -3.91. The molecule has 2 amide bonds. The highest BCUT2D eigenvalue weighted by atomic mass is 35.5. The number of halogens is 1. The molecule has 1 saturated heterocycles. The van der Waals surface area contributed by atoms with Crippen molar-refractivity contribution < 1.29 is 32.7 Å². The third-order valence-electron chi connectivity index (χ3n) is 10.7. The van der Waals surface area contributed by atoms with Crippen molar-refractivity contribution in [1.82, 2.24) is 14.5 Å². The molecule has 1 fully saturated rings. The number of nitrogens with zero attached hydrogens (tertiary/aromatic N) is 4. The molecule has 4 aliphatic rings. The van der Waals surface area contributed by atoms with Crippen molar-refractivity contribution >= 4 is 39.0 Å². The number of ether oxygens (including phenoxy) is 4. The van der Waals surface area contributed by atoms with Gasteiger partial charge in [-0.1, -0.05) is 36.7 Å². The Morgan fingerprint density at radius 3 is 2.85 bits per heavy atom. The number of rotatable bonds is 4. The van der Waals surface area contributed by atoms with Gasteiger partial charge >= 0.3 is 0 Å². The zero-order valence-electron chi connectivity index (χ0n) is 30.0. The Balaban J connectivity index is 1.32. The number of methoxy groups -OCH3 is 2. The van der Waals surface area contributed by atoms with Gasteiger partial charge < -0.3 is 23.8 Å². The SMILES string of the molecule is COc1nn(C)cc1C(=O)NS1(=O)=NC(=O)c2ccc3c(c2)N(C[C@@H]2CCO[C@H]2C(OC)/C=C/C[C@H](C)C1)C[C@@]1(CCCc2cc(Cl)ccc21)CO3. The van der Waals surface area contributed by atoms with Crippen LogP contribution in [0.15, 0.2) is 59.1 Å². The fraction of sp³-hybridized carbons (Fsp3) is 0.500. The van der Waals surface area contributed by atoms with E-state index in [2.05, 4.69) is 31.2 Å². The fourth-order valence-corrected chi connectivity index (χ4v) is 10.3. The van der Waals surface area contributed by atoms with Gasteiger partial charge in [-0.05, 0) is 79.5 Å². The second-order valence-electron chi connectivity index (χ2n) is 14.5. The summed E-state index contributed by atoms with van der Waals surface area (Å²) < 4.78 is 47.1. The highest BCUT2D eigenvalue weighted by Crippen LogP contribution is 2.45. The molecule has 6 atom stereocenters. The number of fused-ring (bicyclic) bond motifs is 4. The molecule has 3 aromatic rings. The van der Waals surface area contributed by atoms with Crippen molar-refractivity contribution in [3.05, 3.63) is 82.0 Å². The highest BCUT2D eigenvalue weighted by Gasteiger charge is 2.44. The van der Waals surface area contributed by atoms with Gasteiger partial charge in [0.15, 0.2) is 0 Å². The van der Waals surface area contributed by atoms with Crippen molar-refractivity contribution in [3.63, 3.8) is 0 Å². The summed E-state index contributed by atoms with van der Waals surface area (Å²) in [6, 6.07) is 11.4. The molecule has 2 bridgehead atoms. The van der Waals surface area contributed by atoms with Crippen LogP contribution in [-0.2, 0) is 38.3 Å². The Bertz CT molecular complexity index is 2010. The first-order valence-electron chi connectivity index (χ1n) is 17.8. The number of nitrogens with one attached hydrogen (secondary N) is 1. The Morgan fingerprint density at radius 1 is 1.19 bits per heavy atom. The minimum absolute atomic E-state index is 0.0658. The molecule has 278 valence electrons. The number of benzene rings is 2. The topological polar surface area (TPSA) is 134 Å². The van der Waals surface area contributed by atoms with E-state index in [9.17, 15) is 13.8 Å². The minimum atomic E-state index is -3.62. The van der Waals surface area contributed by atoms with Gasteiger partial charge in [-0.3, -0.25) is 19.0 Å². The molecule has 1 N–H and O–H groups in total. The first-order valence-corrected chi connectivity index (χ1v) is 19.9. The maximum Gasteiger partial charge on any atom is 0.286 e. The van der Waals surface area contributed by atoms with E-state index in [1.807, 2.05) is 25.1 Å². The van der Waals surface area contributed by atoms with Crippen molar-refractivity contribution in [3.8, 4) is 11.6 Å². The van der Waals surface area contributed by atoms with Crippen LogP contribution in [-0.4, -0.2) is 84.3 Å². The number of carbonyl (C=O) groups excluding carboxylic acids is 2. The summed E-state index contributed by atoms with van der Waals surface area (Å²) in [4.78, 5) is 29.9. The van der Waals surface area contributed by atoms with Crippen LogP contribution >= 0.6 is 11.6 Å². The average Bonchev–Trinajstić information content (AvgIpc) is 3.70. The van der Waals surface area contributed by atoms with Crippen LogP contribution in [0.4, 0.5) is 5.69 Å². The number of hydrogen-bond acceptors (Lipinski definition) is 9.